The lowest BCUT2D eigenvalue weighted by molar-refractivity contribution is -0.117. The summed E-state index contributed by atoms with van der Waals surface area (Å²) < 4.78 is 0. The maximum absolute atomic E-state index is 12.1. The van der Waals surface area contributed by atoms with Gasteiger partial charge >= 0.3 is 0 Å². The van der Waals surface area contributed by atoms with Crippen LogP contribution in [0.15, 0.2) is 48.8 Å². The highest BCUT2D eigenvalue weighted by Crippen LogP contribution is 2.23. The Hall–Kier alpha value is -2.99. The fourth-order valence-corrected chi connectivity index (χ4v) is 2.98. The van der Waals surface area contributed by atoms with Crippen LogP contribution in [0, 0.1) is 0 Å². The number of carbonyl (C=O) groups excluding carboxylic acids is 2. The summed E-state index contributed by atoms with van der Waals surface area (Å²) in [5.41, 5.74) is 5.11. The van der Waals surface area contributed by atoms with Crippen LogP contribution in [0.3, 0.4) is 0 Å². The summed E-state index contributed by atoms with van der Waals surface area (Å²) in [6, 6.07) is 9.08. The third-order valence-corrected chi connectivity index (χ3v) is 4.26. The third kappa shape index (κ3) is 4.30. The van der Waals surface area contributed by atoms with Gasteiger partial charge in [0.2, 0.25) is 5.91 Å². The fourth-order valence-electron chi connectivity index (χ4n) is 2.98. The topological polar surface area (TPSA) is 91.3 Å². The van der Waals surface area contributed by atoms with Crippen LogP contribution in [-0.2, 0) is 17.6 Å². The number of aromatic nitrogens is 1. The lowest BCUT2D eigenvalue weighted by Gasteiger charge is -2.25. The van der Waals surface area contributed by atoms with Gasteiger partial charge in [-0.15, -0.1) is 0 Å². The number of benzene rings is 1. The molecule has 0 bridgehead atoms. The summed E-state index contributed by atoms with van der Waals surface area (Å²) in [6.07, 6.45) is 8.95. The molecule has 1 aromatic heterocycles. The van der Waals surface area contributed by atoms with Gasteiger partial charge < -0.3 is 5.32 Å². The number of pyridine rings is 1. The van der Waals surface area contributed by atoms with Crippen LogP contribution >= 0.6 is 0 Å². The molecule has 1 unspecified atom stereocenters. The Labute approximate surface area is 145 Å². The van der Waals surface area contributed by atoms with E-state index in [1.165, 1.54) is 11.6 Å². The number of hydroxylamine groups is 1. The van der Waals surface area contributed by atoms with E-state index in [1.807, 2.05) is 18.2 Å². The van der Waals surface area contributed by atoms with E-state index < -0.39 is 5.91 Å². The SMILES string of the molecule is O=C(C=Cc1cccnc1)NC1CCc2ccc(C(=O)NO)cc2C1. The number of fused-ring (bicyclic) bond motifs is 1. The van der Waals surface area contributed by atoms with E-state index >= 15 is 0 Å². The van der Waals surface area contributed by atoms with Gasteiger partial charge in [-0.3, -0.25) is 19.8 Å². The van der Waals surface area contributed by atoms with Crippen molar-refractivity contribution < 1.29 is 14.8 Å². The molecule has 1 aliphatic rings. The number of carbonyl (C=O) groups is 2. The van der Waals surface area contributed by atoms with Crippen LogP contribution in [0.5, 0.6) is 0 Å². The van der Waals surface area contributed by atoms with Gasteiger partial charge in [-0.1, -0.05) is 12.1 Å². The van der Waals surface area contributed by atoms with E-state index in [-0.39, 0.29) is 11.9 Å². The van der Waals surface area contributed by atoms with Gasteiger partial charge in [-0.25, -0.2) is 5.48 Å². The zero-order valence-corrected chi connectivity index (χ0v) is 13.6. The molecule has 0 fully saturated rings. The standard InChI is InChI=1S/C19H19N3O3/c23-18(8-3-13-2-1-9-20-12-13)21-17-7-6-14-4-5-15(19(24)22-25)10-16(14)11-17/h1-5,8-10,12,17,25H,6-7,11H2,(H,21,23)(H,22,24). The van der Waals surface area contributed by atoms with E-state index in [4.69, 9.17) is 5.21 Å². The molecular weight excluding hydrogens is 318 g/mol. The predicted octanol–water partition coefficient (Wildman–Crippen LogP) is 1.89. The van der Waals surface area contributed by atoms with Crippen molar-refractivity contribution in [1.82, 2.24) is 15.8 Å². The minimum atomic E-state index is -0.534. The monoisotopic (exact) mass is 337 g/mol. The Morgan fingerprint density at radius 2 is 2.12 bits per heavy atom. The van der Waals surface area contributed by atoms with E-state index in [9.17, 15) is 9.59 Å². The first-order chi connectivity index (χ1) is 12.2. The van der Waals surface area contributed by atoms with Crippen LogP contribution in [0.1, 0.15) is 33.5 Å². The average molecular weight is 337 g/mol. The van der Waals surface area contributed by atoms with Crippen molar-refractivity contribution in [1.29, 1.82) is 0 Å². The summed E-state index contributed by atoms with van der Waals surface area (Å²) in [7, 11) is 0. The van der Waals surface area contributed by atoms with Gasteiger partial charge in [0, 0.05) is 30.1 Å². The Kier molecular flexibility index (Phi) is 5.20. The molecule has 2 aromatic rings. The molecule has 1 aliphatic carbocycles. The second-order valence-corrected chi connectivity index (χ2v) is 5.99. The van der Waals surface area contributed by atoms with Crippen LogP contribution in [-0.4, -0.2) is 28.0 Å². The molecule has 3 rings (SSSR count). The second-order valence-electron chi connectivity index (χ2n) is 5.99. The Bertz CT molecular complexity index is 803. The highest BCUT2D eigenvalue weighted by atomic mass is 16.5. The van der Waals surface area contributed by atoms with Crippen molar-refractivity contribution in [3.8, 4) is 0 Å². The number of hydrogen-bond donors (Lipinski definition) is 3. The zero-order valence-electron chi connectivity index (χ0n) is 13.6. The number of aryl methyl sites for hydroxylation is 1. The molecule has 0 radical (unpaired) electrons. The Balaban J connectivity index is 1.63. The van der Waals surface area contributed by atoms with Crippen LogP contribution in [0.2, 0.25) is 0 Å². The first-order valence-corrected chi connectivity index (χ1v) is 8.10. The number of hydrogen-bond acceptors (Lipinski definition) is 4. The molecule has 1 atom stereocenters. The molecule has 0 saturated heterocycles. The van der Waals surface area contributed by atoms with E-state index in [1.54, 1.807) is 36.1 Å². The summed E-state index contributed by atoms with van der Waals surface area (Å²) in [6.45, 7) is 0. The minimum absolute atomic E-state index is 0.0194. The van der Waals surface area contributed by atoms with Gasteiger partial charge in [-0.05, 0) is 60.2 Å². The van der Waals surface area contributed by atoms with Crippen molar-refractivity contribution in [2.24, 2.45) is 0 Å². The summed E-state index contributed by atoms with van der Waals surface area (Å²) in [5, 5.41) is 11.7. The van der Waals surface area contributed by atoms with Crippen molar-refractivity contribution in [2.75, 3.05) is 0 Å². The van der Waals surface area contributed by atoms with Crippen molar-refractivity contribution >= 4 is 17.9 Å². The Morgan fingerprint density at radius 3 is 2.88 bits per heavy atom. The van der Waals surface area contributed by atoms with E-state index in [0.717, 1.165) is 24.0 Å². The smallest absolute Gasteiger partial charge is 0.274 e. The van der Waals surface area contributed by atoms with Gasteiger partial charge in [0.15, 0.2) is 0 Å². The molecule has 1 aromatic carbocycles. The van der Waals surface area contributed by atoms with Crippen LogP contribution < -0.4 is 10.8 Å². The maximum Gasteiger partial charge on any atom is 0.274 e. The lowest BCUT2D eigenvalue weighted by atomic mass is 9.87. The molecule has 6 nitrogen and oxygen atoms in total. The quantitative estimate of drug-likeness (QED) is 0.451. The van der Waals surface area contributed by atoms with Gasteiger partial charge in [0.25, 0.3) is 5.91 Å². The molecule has 128 valence electrons. The third-order valence-electron chi connectivity index (χ3n) is 4.26. The molecule has 25 heavy (non-hydrogen) atoms. The van der Waals surface area contributed by atoms with Crippen LogP contribution in [0.4, 0.5) is 0 Å². The molecular formula is C19H19N3O3. The number of nitrogens with one attached hydrogen (secondary N) is 2. The van der Waals surface area contributed by atoms with Crippen molar-refractivity contribution in [3.05, 3.63) is 71.1 Å². The van der Waals surface area contributed by atoms with Gasteiger partial charge in [0.05, 0.1) is 0 Å². The molecule has 1 heterocycles. The minimum Gasteiger partial charge on any atom is -0.349 e. The Morgan fingerprint density at radius 1 is 1.24 bits per heavy atom. The molecule has 3 N–H and O–H groups in total. The van der Waals surface area contributed by atoms with Gasteiger partial charge in [0.1, 0.15) is 0 Å². The molecule has 0 aliphatic heterocycles. The number of rotatable bonds is 4. The van der Waals surface area contributed by atoms with E-state index in [2.05, 4.69) is 10.3 Å². The lowest BCUT2D eigenvalue weighted by Crippen LogP contribution is -2.38. The molecule has 2 amide bonds. The fraction of sp³-hybridized carbons (Fsp3) is 0.211. The highest BCUT2D eigenvalue weighted by molar-refractivity contribution is 5.93. The predicted molar refractivity (Wildman–Crippen MR) is 92.9 cm³/mol. The van der Waals surface area contributed by atoms with E-state index in [0.29, 0.717) is 12.0 Å². The summed E-state index contributed by atoms with van der Waals surface area (Å²) in [5.74, 6) is -0.685. The first-order valence-electron chi connectivity index (χ1n) is 8.10. The zero-order chi connectivity index (χ0) is 17.6. The molecule has 6 heteroatoms. The largest absolute Gasteiger partial charge is 0.349 e. The van der Waals surface area contributed by atoms with Crippen molar-refractivity contribution in [3.63, 3.8) is 0 Å². The highest BCUT2D eigenvalue weighted by Gasteiger charge is 2.20. The summed E-state index contributed by atoms with van der Waals surface area (Å²) >= 11 is 0. The average Bonchev–Trinajstić information content (AvgIpc) is 2.66. The van der Waals surface area contributed by atoms with Crippen LogP contribution in [0.25, 0.3) is 6.08 Å². The second kappa shape index (κ2) is 7.72. The number of nitrogens with zero attached hydrogens (tertiary/aromatic N) is 1. The first kappa shape index (κ1) is 16.9. The van der Waals surface area contributed by atoms with Crippen molar-refractivity contribution in [2.45, 2.75) is 25.3 Å². The van der Waals surface area contributed by atoms with Gasteiger partial charge in [-0.2, -0.15) is 0 Å². The maximum atomic E-state index is 12.1. The number of amides is 2. The summed E-state index contributed by atoms with van der Waals surface area (Å²) in [4.78, 5) is 27.6. The molecule has 0 spiro atoms. The molecule has 0 saturated carbocycles. The normalized spacial score (nSPS) is 16.3.